The molecule has 2 amide bonds. The third kappa shape index (κ3) is 2.84. The maximum absolute atomic E-state index is 13.5. The van der Waals surface area contributed by atoms with Crippen LogP contribution in [0.25, 0.3) is 0 Å². The number of hydrogen-bond acceptors (Lipinski definition) is 6. The Morgan fingerprint density at radius 1 is 0.871 bits per heavy atom. The summed E-state index contributed by atoms with van der Waals surface area (Å²) in [5.41, 5.74) is 1.37. The van der Waals surface area contributed by atoms with Crippen LogP contribution in [-0.2, 0) is 9.59 Å². The van der Waals surface area contributed by atoms with E-state index in [2.05, 4.69) is 5.10 Å². The number of rotatable bonds is 4. The predicted molar refractivity (Wildman–Crippen MR) is 114 cm³/mol. The molecule has 5 rings (SSSR count). The molecular weight excluding hydrogens is 394 g/mol. The number of fused-ring (bicyclic) bond motifs is 3. The SMILES string of the molecule is CC(=O)c1ccc(N2C(=O)[C@@H]3[C@H](C2=O)[C@H](C(=O)c2ccccc2)N2N=CC=C[C@H]32)cc1. The van der Waals surface area contributed by atoms with Crippen molar-refractivity contribution in [3.05, 3.63) is 77.9 Å². The standard InChI is InChI=1S/C24H19N3O4/c1-14(28)15-9-11-17(12-10-15)26-23(30)19-18-8-5-13-25-27(18)21(20(19)24(26)31)22(29)16-6-3-2-4-7-16/h2-13,18-21H,1H3/t18-,19+,20+,21-/m1/s1. The lowest BCUT2D eigenvalue weighted by Gasteiger charge is -2.30. The third-order valence-corrected chi connectivity index (χ3v) is 6.15. The Morgan fingerprint density at radius 3 is 2.23 bits per heavy atom. The lowest BCUT2D eigenvalue weighted by molar-refractivity contribution is -0.123. The van der Waals surface area contributed by atoms with Crippen molar-refractivity contribution >= 4 is 35.3 Å². The number of benzene rings is 2. The van der Waals surface area contributed by atoms with Gasteiger partial charge < -0.3 is 0 Å². The number of imide groups is 1. The molecule has 0 N–H and O–H groups in total. The quantitative estimate of drug-likeness (QED) is 0.568. The van der Waals surface area contributed by atoms with E-state index in [4.69, 9.17) is 0 Å². The molecule has 2 saturated heterocycles. The highest BCUT2D eigenvalue weighted by atomic mass is 16.2. The van der Waals surface area contributed by atoms with Crippen LogP contribution < -0.4 is 4.90 Å². The summed E-state index contributed by atoms with van der Waals surface area (Å²) in [6.07, 6.45) is 5.11. The maximum atomic E-state index is 13.5. The lowest BCUT2D eigenvalue weighted by atomic mass is 9.86. The van der Waals surface area contributed by atoms with Crippen LogP contribution >= 0.6 is 0 Å². The average molecular weight is 413 g/mol. The van der Waals surface area contributed by atoms with Gasteiger partial charge in [-0.05, 0) is 37.3 Å². The van der Waals surface area contributed by atoms with Gasteiger partial charge in [-0.25, -0.2) is 4.90 Å². The Balaban J connectivity index is 1.55. The van der Waals surface area contributed by atoms with E-state index in [1.165, 1.54) is 6.92 Å². The van der Waals surface area contributed by atoms with Gasteiger partial charge in [-0.3, -0.25) is 24.2 Å². The number of ketones is 2. The van der Waals surface area contributed by atoms with Crippen LogP contribution in [0.5, 0.6) is 0 Å². The highest BCUT2D eigenvalue weighted by molar-refractivity contribution is 6.24. The number of carbonyl (C=O) groups is 4. The molecule has 0 unspecified atom stereocenters. The molecule has 3 aliphatic heterocycles. The molecule has 0 aliphatic carbocycles. The molecule has 2 fully saturated rings. The van der Waals surface area contributed by atoms with Crippen LogP contribution in [0.1, 0.15) is 27.6 Å². The number of allylic oxidation sites excluding steroid dienone is 1. The lowest BCUT2D eigenvalue weighted by Crippen LogP contribution is -2.46. The van der Waals surface area contributed by atoms with Crippen LogP contribution in [0, 0.1) is 11.8 Å². The second kappa shape index (κ2) is 7.12. The van der Waals surface area contributed by atoms with Crippen molar-refractivity contribution in [1.29, 1.82) is 0 Å². The molecule has 2 aromatic rings. The van der Waals surface area contributed by atoms with E-state index in [0.717, 1.165) is 4.90 Å². The predicted octanol–water partition coefficient (Wildman–Crippen LogP) is 2.49. The summed E-state index contributed by atoms with van der Waals surface area (Å²) in [5.74, 6) is -2.65. The van der Waals surface area contributed by atoms with Gasteiger partial charge in [-0.15, -0.1) is 0 Å². The van der Waals surface area contributed by atoms with Crippen molar-refractivity contribution in [3.63, 3.8) is 0 Å². The van der Waals surface area contributed by atoms with Crippen LogP contribution in [0.15, 0.2) is 71.9 Å². The summed E-state index contributed by atoms with van der Waals surface area (Å²) in [5, 5.41) is 5.93. The molecule has 7 nitrogen and oxygen atoms in total. The summed E-state index contributed by atoms with van der Waals surface area (Å²) in [7, 11) is 0. The monoisotopic (exact) mass is 413 g/mol. The number of hydrazone groups is 1. The van der Waals surface area contributed by atoms with Crippen molar-refractivity contribution in [2.24, 2.45) is 16.9 Å². The molecule has 3 aliphatic rings. The fraction of sp³-hybridized carbons (Fsp3) is 0.208. The Kier molecular flexibility index (Phi) is 4.39. The number of amides is 2. The Labute approximate surface area is 178 Å². The van der Waals surface area contributed by atoms with E-state index in [1.807, 2.05) is 12.1 Å². The number of anilines is 1. The van der Waals surface area contributed by atoms with E-state index in [0.29, 0.717) is 16.8 Å². The first-order valence-electron chi connectivity index (χ1n) is 10.1. The average Bonchev–Trinajstić information content (AvgIpc) is 3.27. The first kappa shape index (κ1) is 19.1. The molecule has 3 heterocycles. The molecular formula is C24H19N3O4. The van der Waals surface area contributed by atoms with Gasteiger partial charge >= 0.3 is 0 Å². The topological polar surface area (TPSA) is 87.1 Å². The van der Waals surface area contributed by atoms with Gasteiger partial charge in [-0.2, -0.15) is 5.10 Å². The molecule has 2 aromatic carbocycles. The minimum atomic E-state index is -0.864. The molecule has 0 saturated carbocycles. The van der Waals surface area contributed by atoms with E-state index >= 15 is 0 Å². The molecule has 7 heteroatoms. The van der Waals surface area contributed by atoms with Crippen molar-refractivity contribution in [1.82, 2.24) is 5.01 Å². The minimum absolute atomic E-state index is 0.100. The number of Topliss-reactive ketones (excluding diaryl/α,β-unsaturated/α-hetero) is 2. The van der Waals surface area contributed by atoms with E-state index < -0.39 is 29.8 Å². The van der Waals surface area contributed by atoms with E-state index in [-0.39, 0.29) is 17.5 Å². The first-order chi connectivity index (χ1) is 15.0. The molecule has 31 heavy (non-hydrogen) atoms. The second-order valence-electron chi connectivity index (χ2n) is 7.86. The van der Waals surface area contributed by atoms with Gasteiger partial charge in [-0.1, -0.05) is 36.4 Å². The largest absolute Gasteiger partial charge is 0.295 e. The van der Waals surface area contributed by atoms with Gasteiger partial charge in [0.1, 0.15) is 6.04 Å². The molecule has 154 valence electrons. The number of carbonyl (C=O) groups excluding carboxylic acids is 4. The van der Waals surface area contributed by atoms with Gasteiger partial charge in [0.2, 0.25) is 11.8 Å². The highest BCUT2D eigenvalue weighted by Crippen LogP contribution is 2.46. The van der Waals surface area contributed by atoms with Crippen LogP contribution in [0.2, 0.25) is 0 Å². The maximum Gasteiger partial charge on any atom is 0.240 e. The second-order valence-corrected chi connectivity index (χ2v) is 7.86. The summed E-state index contributed by atoms with van der Waals surface area (Å²) < 4.78 is 0. The summed E-state index contributed by atoms with van der Waals surface area (Å²) in [4.78, 5) is 53.0. The van der Waals surface area contributed by atoms with Crippen molar-refractivity contribution in [2.45, 2.75) is 19.0 Å². The van der Waals surface area contributed by atoms with Crippen molar-refractivity contribution in [2.75, 3.05) is 4.90 Å². The normalized spacial score (nSPS) is 26.2. The van der Waals surface area contributed by atoms with Crippen LogP contribution in [0.4, 0.5) is 5.69 Å². The molecule has 0 spiro atoms. The fourth-order valence-corrected chi connectivity index (χ4v) is 4.71. The van der Waals surface area contributed by atoms with Gasteiger partial charge in [0.15, 0.2) is 11.6 Å². The summed E-state index contributed by atoms with van der Waals surface area (Å²) in [6, 6.07) is 13.8. The van der Waals surface area contributed by atoms with Gasteiger partial charge in [0, 0.05) is 17.3 Å². The molecule has 0 radical (unpaired) electrons. The summed E-state index contributed by atoms with van der Waals surface area (Å²) >= 11 is 0. The minimum Gasteiger partial charge on any atom is -0.295 e. The van der Waals surface area contributed by atoms with Gasteiger partial charge in [0.25, 0.3) is 0 Å². The number of hydrogen-bond donors (Lipinski definition) is 0. The Bertz CT molecular complexity index is 1150. The van der Waals surface area contributed by atoms with E-state index in [1.54, 1.807) is 65.8 Å². The molecule has 0 bridgehead atoms. The van der Waals surface area contributed by atoms with Crippen molar-refractivity contribution < 1.29 is 19.2 Å². The zero-order chi connectivity index (χ0) is 21.7. The fourth-order valence-electron chi connectivity index (χ4n) is 4.71. The Morgan fingerprint density at radius 2 is 1.55 bits per heavy atom. The third-order valence-electron chi connectivity index (χ3n) is 6.15. The molecule has 0 aromatic heterocycles. The number of nitrogens with zero attached hydrogens (tertiary/aromatic N) is 3. The first-order valence-corrected chi connectivity index (χ1v) is 10.1. The summed E-state index contributed by atoms with van der Waals surface area (Å²) in [6.45, 7) is 1.45. The zero-order valence-electron chi connectivity index (χ0n) is 16.7. The van der Waals surface area contributed by atoms with Crippen molar-refractivity contribution in [3.8, 4) is 0 Å². The van der Waals surface area contributed by atoms with Crippen LogP contribution in [-0.4, -0.2) is 46.7 Å². The van der Waals surface area contributed by atoms with Gasteiger partial charge in [0.05, 0.1) is 23.6 Å². The van der Waals surface area contributed by atoms with E-state index in [9.17, 15) is 19.2 Å². The highest BCUT2D eigenvalue weighted by Gasteiger charge is 2.64. The molecule has 4 atom stereocenters. The smallest absolute Gasteiger partial charge is 0.240 e. The van der Waals surface area contributed by atoms with Crippen LogP contribution in [0.3, 0.4) is 0 Å². The zero-order valence-corrected chi connectivity index (χ0v) is 16.7. The Hall–Kier alpha value is -3.87.